The summed E-state index contributed by atoms with van der Waals surface area (Å²) in [6.45, 7) is 3.71. The molecule has 5 aromatic rings. The zero-order chi connectivity index (χ0) is 39.5. The fraction of sp³-hybridized carbons (Fsp3) is 0.293. The van der Waals surface area contributed by atoms with Gasteiger partial charge in [-0.3, -0.25) is 38.9 Å². The molecule has 56 heavy (non-hydrogen) atoms. The lowest BCUT2D eigenvalue weighted by Gasteiger charge is -2.49. The molecular formula is C41H34ClN5O8S. The molecule has 3 fully saturated rings. The molecule has 0 unspecified atom stereocenters. The molecule has 0 bridgehead atoms. The maximum atomic E-state index is 15.2. The monoisotopic (exact) mass is 791 g/mol. The largest absolute Gasteiger partial charge is 0.508 e. The highest BCUT2D eigenvalue weighted by molar-refractivity contribution is 7.22. The Hall–Kier alpha value is -5.86. The van der Waals surface area contributed by atoms with E-state index < -0.39 is 63.6 Å². The van der Waals surface area contributed by atoms with Crippen molar-refractivity contribution in [3.8, 4) is 22.1 Å². The first kappa shape index (κ1) is 35.8. The number of amides is 4. The number of fused-ring (bicyclic) bond motifs is 5. The summed E-state index contributed by atoms with van der Waals surface area (Å²) in [6.07, 6.45) is 2.15. The molecule has 2 aliphatic carbocycles. The standard InChI is InChI=1S/C41H34ClN5O8S/c1-19-25-16-20(42)8-15-31(25)56-36(19)28-18-32(44(3)43-28)46-38(50)27-17-26-23(35(41(27,2)40(46)52)34-29(48)6-5-7-30(34)55-4)13-14-24-33(26)39(51)45(37(24)49)21-9-11-22(12-10-21)47(53)54/h5-13,15-16,18,24,26-27,33,35,48H,14,17H2,1-4H3/t24-,26+,27-,33-,35+,41+/m0/s1. The summed E-state index contributed by atoms with van der Waals surface area (Å²) in [4.78, 5) is 72.4. The minimum Gasteiger partial charge on any atom is -0.508 e. The van der Waals surface area contributed by atoms with E-state index in [1.165, 1.54) is 58.4 Å². The number of methoxy groups -OCH3 is 1. The SMILES string of the molecule is COc1cccc(O)c1[C@H]1C2=CC[C@@H]3C(=O)N(c4ccc([N+](=O)[O-])cc4)C(=O)[C@@H]3[C@@H]2C[C@H]2C(=O)N(c3cc(-c4sc5ccc(Cl)cc5c4C)nn3C)C(=O)[C@@]12C. The highest BCUT2D eigenvalue weighted by Gasteiger charge is 2.68. The minimum absolute atomic E-state index is 0.0883. The first-order valence-electron chi connectivity index (χ1n) is 18.1. The molecule has 2 saturated heterocycles. The third kappa shape index (κ3) is 4.87. The fourth-order valence-corrected chi connectivity index (χ4v) is 11.1. The lowest BCUT2D eigenvalue weighted by molar-refractivity contribution is -0.384. The number of carbonyl (C=O) groups is 4. The Morgan fingerprint density at radius 1 is 1.00 bits per heavy atom. The van der Waals surface area contributed by atoms with Gasteiger partial charge in [-0.25, -0.2) is 4.90 Å². The number of imide groups is 2. The summed E-state index contributed by atoms with van der Waals surface area (Å²) < 4.78 is 8.30. The van der Waals surface area contributed by atoms with Gasteiger partial charge < -0.3 is 9.84 Å². The predicted octanol–water partition coefficient (Wildman–Crippen LogP) is 7.32. The number of phenols is 1. The third-order valence-corrected chi connectivity index (χ3v) is 13.9. The van der Waals surface area contributed by atoms with Gasteiger partial charge in [-0.1, -0.05) is 29.3 Å². The molecule has 284 valence electrons. The Bertz CT molecular complexity index is 2620. The first-order chi connectivity index (χ1) is 26.8. The summed E-state index contributed by atoms with van der Waals surface area (Å²) in [5, 5.41) is 29.2. The van der Waals surface area contributed by atoms with Crippen LogP contribution >= 0.6 is 22.9 Å². The number of carbonyl (C=O) groups excluding carboxylic acids is 4. The number of phenolic OH excluding ortho intramolecular Hbond substituents is 1. The van der Waals surface area contributed by atoms with Gasteiger partial charge in [0.25, 0.3) is 5.69 Å². The van der Waals surface area contributed by atoms with Crippen LogP contribution in [0.15, 0.2) is 78.4 Å². The Kier molecular flexibility index (Phi) is 8.05. The van der Waals surface area contributed by atoms with Crippen LogP contribution in [0.1, 0.15) is 36.8 Å². The van der Waals surface area contributed by atoms with Crippen molar-refractivity contribution in [1.82, 2.24) is 9.78 Å². The van der Waals surface area contributed by atoms with Crippen molar-refractivity contribution in [2.75, 3.05) is 16.9 Å². The van der Waals surface area contributed by atoms with Crippen molar-refractivity contribution in [3.05, 3.63) is 105 Å². The number of nitrogens with zero attached hydrogens (tertiary/aromatic N) is 5. The van der Waals surface area contributed by atoms with E-state index in [1.807, 2.05) is 31.2 Å². The van der Waals surface area contributed by atoms with Crippen LogP contribution in [0.25, 0.3) is 20.7 Å². The lowest BCUT2D eigenvalue weighted by atomic mass is 9.51. The van der Waals surface area contributed by atoms with Crippen molar-refractivity contribution in [3.63, 3.8) is 0 Å². The molecule has 1 N–H and O–H groups in total. The molecule has 9 rings (SSSR count). The lowest BCUT2D eigenvalue weighted by Crippen LogP contribution is -2.49. The normalized spacial score (nSPS) is 25.7. The molecule has 3 aromatic carbocycles. The van der Waals surface area contributed by atoms with Crippen molar-refractivity contribution in [2.24, 2.45) is 36.1 Å². The van der Waals surface area contributed by atoms with E-state index in [0.29, 0.717) is 27.6 Å². The molecule has 2 aromatic heterocycles. The molecule has 2 aliphatic heterocycles. The van der Waals surface area contributed by atoms with Gasteiger partial charge in [0, 0.05) is 46.5 Å². The summed E-state index contributed by atoms with van der Waals surface area (Å²) in [5.74, 6) is -5.62. The summed E-state index contributed by atoms with van der Waals surface area (Å²) in [5.41, 5.74) is 1.11. The Morgan fingerprint density at radius 2 is 1.75 bits per heavy atom. The molecule has 15 heteroatoms. The maximum Gasteiger partial charge on any atom is 0.269 e. The number of benzene rings is 3. The van der Waals surface area contributed by atoms with Crippen molar-refractivity contribution >= 4 is 73.8 Å². The molecule has 4 aliphatic rings. The van der Waals surface area contributed by atoms with Crippen LogP contribution in [0.4, 0.5) is 17.2 Å². The number of halogens is 1. The highest BCUT2D eigenvalue weighted by atomic mass is 35.5. The van der Waals surface area contributed by atoms with Gasteiger partial charge in [0.05, 0.1) is 45.8 Å². The smallest absolute Gasteiger partial charge is 0.269 e. The van der Waals surface area contributed by atoms with Crippen LogP contribution < -0.4 is 14.5 Å². The zero-order valence-corrected chi connectivity index (χ0v) is 32.1. The number of nitro benzene ring substituents is 1. The van der Waals surface area contributed by atoms with Crippen LogP contribution in [-0.2, 0) is 26.2 Å². The van der Waals surface area contributed by atoms with Crippen LogP contribution in [0.3, 0.4) is 0 Å². The number of ether oxygens (including phenoxy) is 1. The number of aryl methyl sites for hydroxylation is 2. The Morgan fingerprint density at radius 3 is 2.46 bits per heavy atom. The first-order valence-corrected chi connectivity index (χ1v) is 19.2. The average molecular weight is 792 g/mol. The minimum atomic E-state index is -1.45. The van der Waals surface area contributed by atoms with Gasteiger partial charge in [-0.2, -0.15) is 5.10 Å². The fourth-order valence-electron chi connectivity index (χ4n) is 9.74. The second-order valence-electron chi connectivity index (χ2n) is 15.0. The van der Waals surface area contributed by atoms with Crippen LogP contribution in [0.2, 0.25) is 5.02 Å². The van der Waals surface area contributed by atoms with Crippen molar-refractivity contribution < 1.29 is 33.9 Å². The van der Waals surface area contributed by atoms with E-state index in [1.54, 1.807) is 32.2 Å². The Balaban J connectivity index is 1.16. The molecule has 4 amide bonds. The third-order valence-electron chi connectivity index (χ3n) is 12.4. The van der Waals surface area contributed by atoms with Gasteiger partial charge in [0.2, 0.25) is 23.6 Å². The number of allylic oxidation sites excluding steroid dienone is 2. The number of anilines is 2. The predicted molar refractivity (Wildman–Crippen MR) is 209 cm³/mol. The second-order valence-corrected chi connectivity index (χ2v) is 16.5. The van der Waals surface area contributed by atoms with E-state index in [2.05, 4.69) is 0 Å². The van der Waals surface area contributed by atoms with E-state index in [4.69, 9.17) is 21.4 Å². The van der Waals surface area contributed by atoms with Gasteiger partial charge in [0.1, 0.15) is 23.0 Å². The quantitative estimate of drug-likeness (QED) is 0.0803. The van der Waals surface area contributed by atoms with Crippen LogP contribution in [-0.4, -0.2) is 50.5 Å². The summed E-state index contributed by atoms with van der Waals surface area (Å²) in [7, 11) is 3.13. The molecule has 4 heterocycles. The zero-order valence-electron chi connectivity index (χ0n) is 30.6. The second kappa shape index (κ2) is 12.6. The molecular weight excluding hydrogens is 758 g/mol. The topological polar surface area (TPSA) is 165 Å². The van der Waals surface area contributed by atoms with E-state index >= 15 is 4.79 Å². The van der Waals surface area contributed by atoms with Gasteiger partial charge in [-0.05, 0) is 86.0 Å². The average Bonchev–Trinajstić information content (AvgIpc) is 3.85. The van der Waals surface area contributed by atoms with Crippen molar-refractivity contribution in [2.45, 2.75) is 32.6 Å². The Labute approximate surface area is 328 Å². The molecule has 13 nitrogen and oxygen atoms in total. The van der Waals surface area contributed by atoms with E-state index in [9.17, 15) is 29.6 Å². The molecule has 0 spiro atoms. The molecule has 0 radical (unpaired) electrons. The number of nitro groups is 1. The number of hydrogen-bond donors (Lipinski definition) is 1. The number of rotatable bonds is 6. The van der Waals surface area contributed by atoms with Gasteiger partial charge in [-0.15, -0.1) is 11.3 Å². The highest BCUT2D eigenvalue weighted by Crippen LogP contribution is 2.65. The number of aromatic hydroxyl groups is 1. The van der Waals surface area contributed by atoms with Crippen LogP contribution in [0.5, 0.6) is 11.5 Å². The van der Waals surface area contributed by atoms with Gasteiger partial charge >= 0.3 is 0 Å². The number of non-ortho nitro benzene ring substituents is 1. The van der Waals surface area contributed by atoms with E-state index in [-0.39, 0.29) is 35.8 Å². The summed E-state index contributed by atoms with van der Waals surface area (Å²) in [6, 6.07) is 17.4. The van der Waals surface area contributed by atoms with E-state index in [0.717, 1.165) is 25.4 Å². The molecule has 6 atom stereocenters. The summed E-state index contributed by atoms with van der Waals surface area (Å²) >= 11 is 7.84. The maximum absolute atomic E-state index is 15.2. The van der Waals surface area contributed by atoms with Crippen LogP contribution in [0, 0.1) is 46.1 Å². The van der Waals surface area contributed by atoms with Gasteiger partial charge in [0.15, 0.2) is 0 Å². The number of thiophene rings is 1. The number of hydrogen-bond acceptors (Lipinski definition) is 10. The van der Waals surface area contributed by atoms with Crippen molar-refractivity contribution in [1.29, 1.82) is 0 Å². The number of aromatic nitrogens is 2. The molecule has 1 saturated carbocycles.